The molecule has 0 bridgehead atoms. The topological polar surface area (TPSA) is 67.4 Å². The van der Waals surface area contributed by atoms with Crippen molar-refractivity contribution in [3.63, 3.8) is 0 Å². The highest BCUT2D eigenvalue weighted by Crippen LogP contribution is 2.32. The van der Waals surface area contributed by atoms with Crippen molar-refractivity contribution in [3.05, 3.63) is 59.3 Å². The molecule has 2 aromatic carbocycles. The van der Waals surface area contributed by atoms with Crippen LogP contribution in [0.4, 0.5) is 4.79 Å². The van der Waals surface area contributed by atoms with Gasteiger partial charge in [-0.15, -0.1) is 0 Å². The first-order valence-electron chi connectivity index (χ1n) is 8.04. The Balaban J connectivity index is 2.03. The third-order valence-corrected chi connectivity index (χ3v) is 4.72. The molecule has 130 valence electrons. The van der Waals surface area contributed by atoms with E-state index in [-0.39, 0.29) is 6.03 Å². The number of carbonyl (C=O) groups is 2. The van der Waals surface area contributed by atoms with Gasteiger partial charge in [-0.05, 0) is 29.5 Å². The zero-order chi connectivity index (χ0) is 17.8. The molecule has 0 aromatic heterocycles. The molecule has 6 heteroatoms. The predicted octanol–water partition coefficient (Wildman–Crippen LogP) is 3.37. The van der Waals surface area contributed by atoms with Gasteiger partial charge in [0.15, 0.2) is 0 Å². The molecule has 0 spiro atoms. The second kappa shape index (κ2) is 7.61. The lowest BCUT2D eigenvalue weighted by Gasteiger charge is -2.29. The van der Waals surface area contributed by atoms with Crippen molar-refractivity contribution >= 4 is 34.5 Å². The minimum absolute atomic E-state index is 0.323. The molecule has 1 aliphatic heterocycles. The summed E-state index contributed by atoms with van der Waals surface area (Å²) in [5, 5.41) is 7.59. The first-order valence-corrected chi connectivity index (χ1v) is 9.43. The number of rotatable bonds is 5. The second-order valence-electron chi connectivity index (χ2n) is 5.77. The van der Waals surface area contributed by atoms with E-state index < -0.39 is 12.0 Å². The fraction of sp³-hybridized carbons (Fsp3) is 0.263. The average molecular weight is 356 g/mol. The van der Waals surface area contributed by atoms with E-state index in [9.17, 15) is 9.59 Å². The first kappa shape index (κ1) is 17.4. The molecule has 25 heavy (non-hydrogen) atoms. The molecule has 0 fully saturated rings. The van der Waals surface area contributed by atoms with Crippen LogP contribution in [0.25, 0.3) is 10.8 Å². The van der Waals surface area contributed by atoms with Gasteiger partial charge in [-0.3, -0.25) is 0 Å². The number of amides is 2. The minimum Gasteiger partial charge on any atom is -0.461 e. The minimum atomic E-state index is -0.540. The Hall–Kier alpha value is -2.47. The van der Waals surface area contributed by atoms with Crippen LogP contribution in [0.3, 0.4) is 0 Å². The lowest BCUT2D eigenvalue weighted by atomic mass is 9.91. The van der Waals surface area contributed by atoms with Gasteiger partial charge in [0.2, 0.25) is 0 Å². The second-order valence-corrected chi connectivity index (χ2v) is 6.75. The van der Waals surface area contributed by atoms with Gasteiger partial charge in [0, 0.05) is 11.4 Å². The molecular weight excluding hydrogens is 336 g/mol. The van der Waals surface area contributed by atoms with Crippen molar-refractivity contribution in [3.8, 4) is 0 Å². The van der Waals surface area contributed by atoms with Crippen LogP contribution < -0.4 is 10.6 Å². The Labute approximate surface area is 150 Å². The number of hydrogen-bond donors (Lipinski definition) is 2. The quantitative estimate of drug-likeness (QED) is 0.637. The molecule has 1 aliphatic rings. The van der Waals surface area contributed by atoms with E-state index >= 15 is 0 Å². The molecule has 2 aromatic rings. The summed E-state index contributed by atoms with van der Waals surface area (Å²) in [6.45, 7) is 2.06. The van der Waals surface area contributed by atoms with E-state index in [4.69, 9.17) is 4.74 Å². The highest BCUT2D eigenvalue weighted by molar-refractivity contribution is 7.98. The van der Waals surface area contributed by atoms with Gasteiger partial charge in [0.05, 0.1) is 11.6 Å². The van der Waals surface area contributed by atoms with Crippen LogP contribution in [-0.4, -0.2) is 30.6 Å². The summed E-state index contributed by atoms with van der Waals surface area (Å²) in [5.41, 5.74) is 1.84. The summed E-state index contributed by atoms with van der Waals surface area (Å²) in [6, 6.07) is 12.9. The van der Waals surface area contributed by atoms with Crippen molar-refractivity contribution in [1.82, 2.24) is 10.6 Å². The summed E-state index contributed by atoms with van der Waals surface area (Å²) < 4.78 is 5.38. The van der Waals surface area contributed by atoms with E-state index in [1.165, 1.54) is 0 Å². The fourth-order valence-corrected chi connectivity index (χ4v) is 3.25. The largest absolute Gasteiger partial charge is 0.461 e. The number of urea groups is 1. The number of nitrogens with one attached hydrogen (secondary N) is 2. The predicted molar refractivity (Wildman–Crippen MR) is 100 cm³/mol. The Morgan fingerprint density at radius 3 is 2.76 bits per heavy atom. The zero-order valence-electron chi connectivity index (χ0n) is 14.2. The Morgan fingerprint density at radius 2 is 1.96 bits per heavy atom. The molecule has 2 N–H and O–H groups in total. The van der Waals surface area contributed by atoms with Crippen LogP contribution in [0.15, 0.2) is 53.7 Å². The maximum atomic E-state index is 12.6. The van der Waals surface area contributed by atoms with Gasteiger partial charge >= 0.3 is 12.0 Å². The number of allylic oxidation sites excluding steroid dienone is 1. The molecule has 0 aliphatic carbocycles. The summed E-state index contributed by atoms with van der Waals surface area (Å²) in [6.07, 6.45) is 1.96. The van der Waals surface area contributed by atoms with Gasteiger partial charge in [-0.1, -0.05) is 42.5 Å². The van der Waals surface area contributed by atoms with Crippen LogP contribution in [0.1, 0.15) is 18.5 Å². The molecule has 0 unspecified atom stereocenters. The smallest absolute Gasteiger partial charge is 0.338 e. The fourth-order valence-electron chi connectivity index (χ4n) is 3.00. The molecule has 5 nitrogen and oxygen atoms in total. The normalized spacial score (nSPS) is 17.2. The van der Waals surface area contributed by atoms with Crippen molar-refractivity contribution in [2.24, 2.45) is 0 Å². The molecule has 0 saturated heterocycles. The maximum absolute atomic E-state index is 12.6. The molecule has 2 amide bonds. The van der Waals surface area contributed by atoms with Crippen LogP contribution in [-0.2, 0) is 9.53 Å². The zero-order valence-corrected chi connectivity index (χ0v) is 15.0. The van der Waals surface area contributed by atoms with E-state index in [0.29, 0.717) is 17.9 Å². The number of ether oxygens (including phenoxy) is 1. The van der Waals surface area contributed by atoms with Crippen molar-refractivity contribution in [2.45, 2.75) is 13.0 Å². The summed E-state index contributed by atoms with van der Waals surface area (Å²) in [4.78, 5) is 24.6. The Morgan fingerprint density at radius 1 is 1.20 bits per heavy atom. The summed E-state index contributed by atoms with van der Waals surface area (Å²) in [7, 11) is 0. The van der Waals surface area contributed by atoms with E-state index in [1.807, 2.05) is 48.7 Å². The Kier molecular flexibility index (Phi) is 5.28. The number of benzene rings is 2. The number of hydrogen-bond acceptors (Lipinski definition) is 4. The SMILES string of the molecule is CSCCOC(=O)C1=C(C)NC(=O)N[C@@H]1c1cccc2ccccc12. The number of thioether (sulfide) groups is 1. The number of esters is 1. The van der Waals surface area contributed by atoms with Crippen LogP contribution in [0.2, 0.25) is 0 Å². The first-order chi connectivity index (χ1) is 12.1. The molecule has 0 saturated carbocycles. The van der Waals surface area contributed by atoms with Crippen LogP contribution >= 0.6 is 11.8 Å². The van der Waals surface area contributed by atoms with Gasteiger partial charge in [0.1, 0.15) is 6.61 Å². The molecule has 1 atom stereocenters. The highest BCUT2D eigenvalue weighted by atomic mass is 32.2. The van der Waals surface area contributed by atoms with Gasteiger partial charge in [-0.2, -0.15) is 11.8 Å². The lowest BCUT2D eigenvalue weighted by Crippen LogP contribution is -2.45. The van der Waals surface area contributed by atoms with Crippen molar-refractivity contribution in [1.29, 1.82) is 0 Å². The standard InChI is InChI=1S/C19H20N2O3S/c1-12-16(18(22)24-10-11-25-2)17(21-19(23)20-12)15-9-5-7-13-6-3-4-8-14(13)15/h3-9,17H,10-11H2,1-2H3,(H2,20,21,23)/t17-/m1/s1. The summed E-state index contributed by atoms with van der Waals surface area (Å²) >= 11 is 1.61. The molecule has 1 heterocycles. The summed E-state index contributed by atoms with van der Waals surface area (Å²) in [5.74, 6) is 0.327. The van der Waals surface area contributed by atoms with E-state index in [1.54, 1.807) is 18.7 Å². The van der Waals surface area contributed by atoms with Gasteiger partial charge in [-0.25, -0.2) is 9.59 Å². The lowest BCUT2D eigenvalue weighted by molar-refractivity contribution is -0.138. The van der Waals surface area contributed by atoms with Crippen LogP contribution in [0, 0.1) is 0 Å². The Bertz CT molecular complexity index is 842. The third-order valence-electron chi connectivity index (χ3n) is 4.14. The molecular formula is C19H20N2O3S. The molecule has 3 rings (SSSR count). The van der Waals surface area contributed by atoms with E-state index in [0.717, 1.165) is 22.1 Å². The number of carbonyl (C=O) groups excluding carboxylic acids is 2. The van der Waals surface area contributed by atoms with Crippen molar-refractivity contribution in [2.75, 3.05) is 18.6 Å². The van der Waals surface area contributed by atoms with E-state index in [2.05, 4.69) is 10.6 Å². The number of fused-ring (bicyclic) bond motifs is 1. The maximum Gasteiger partial charge on any atom is 0.338 e. The van der Waals surface area contributed by atoms with Crippen LogP contribution in [0.5, 0.6) is 0 Å². The molecule has 0 radical (unpaired) electrons. The van der Waals surface area contributed by atoms with Gasteiger partial charge < -0.3 is 15.4 Å². The monoisotopic (exact) mass is 356 g/mol. The van der Waals surface area contributed by atoms with Crippen molar-refractivity contribution < 1.29 is 14.3 Å². The van der Waals surface area contributed by atoms with Gasteiger partial charge in [0.25, 0.3) is 0 Å². The highest BCUT2D eigenvalue weighted by Gasteiger charge is 2.32. The third kappa shape index (κ3) is 3.64. The average Bonchev–Trinajstić information content (AvgIpc) is 2.60.